The SMILES string of the molecule is CC[C@H](C)NC(=O)CSc1nc2c(-c3ccc(C)cc3)nsc2c(=O)n1CC. The first-order valence-corrected chi connectivity index (χ1v) is 11.1. The number of fused-ring (bicyclic) bond motifs is 1. The van der Waals surface area contributed by atoms with Gasteiger partial charge in [0.05, 0.1) is 5.75 Å². The normalized spacial score (nSPS) is 12.3. The Morgan fingerprint density at radius 3 is 2.64 bits per heavy atom. The van der Waals surface area contributed by atoms with Crippen molar-refractivity contribution in [2.24, 2.45) is 0 Å². The number of hydrogen-bond donors (Lipinski definition) is 1. The molecule has 0 radical (unpaired) electrons. The van der Waals surface area contributed by atoms with Crippen LogP contribution in [0.5, 0.6) is 0 Å². The molecule has 0 aliphatic heterocycles. The van der Waals surface area contributed by atoms with Crippen LogP contribution in [0.15, 0.2) is 34.2 Å². The Bertz CT molecular complexity index is 1040. The van der Waals surface area contributed by atoms with Gasteiger partial charge in [-0.05, 0) is 38.7 Å². The molecule has 0 fully saturated rings. The number of aromatic nitrogens is 3. The maximum atomic E-state index is 12.9. The first kappa shape index (κ1) is 20.5. The Morgan fingerprint density at radius 2 is 2.00 bits per heavy atom. The molecule has 3 aromatic rings. The van der Waals surface area contributed by atoms with Crippen molar-refractivity contribution in [3.63, 3.8) is 0 Å². The van der Waals surface area contributed by atoms with Crippen LogP contribution < -0.4 is 10.9 Å². The second-order valence-corrected chi connectivity index (χ2v) is 8.40. The zero-order valence-electron chi connectivity index (χ0n) is 16.5. The summed E-state index contributed by atoms with van der Waals surface area (Å²) in [5.41, 5.74) is 3.31. The Kier molecular flexibility index (Phi) is 6.51. The van der Waals surface area contributed by atoms with Gasteiger partial charge in [0, 0.05) is 18.2 Å². The van der Waals surface area contributed by atoms with Crippen LogP contribution in [0, 0.1) is 6.92 Å². The highest BCUT2D eigenvalue weighted by Gasteiger charge is 2.18. The highest BCUT2D eigenvalue weighted by molar-refractivity contribution is 7.99. The van der Waals surface area contributed by atoms with Gasteiger partial charge in [0.25, 0.3) is 5.56 Å². The molecular weight excluding hydrogens is 392 g/mol. The number of rotatable bonds is 7. The molecule has 0 saturated carbocycles. The zero-order chi connectivity index (χ0) is 20.3. The smallest absolute Gasteiger partial charge is 0.273 e. The molecule has 0 saturated heterocycles. The molecule has 1 atom stereocenters. The lowest BCUT2D eigenvalue weighted by molar-refractivity contribution is -0.119. The molecule has 8 heteroatoms. The molecule has 0 spiro atoms. The number of carbonyl (C=O) groups excluding carboxylic acids is 1. The fourth-order valence-electron chi connectivity index (χ4n) is 2.73. The van der Waals surface area contributed by atoms with E-state index in [2.05, 4.69) is 9.69 Å². The number of amides is 1. The number of nitrogens with one attached hydrogen (secondary N) is 1. The van der Waals surface area contributed by atoms with Crippen LogP contribution in [0.4, 0.5) is 0 Å². The van der Waals surface area contributed by atoms with Crippen molar-refractivity contribution < 1.29 is 4.79 Å². The summed E-state index contributed by atoms with van der Waals surface area (Å²) in [6.07, 6.45) is 0.876. The van der Waals surface area contributed by atoms with Gasteiger partial charge < -0.3 is 5.32 Å². The highest BCUT2D eigenvalue weighted by atomic mass is 32.2. The van der Waals surface area contributed by atoms with Crippen molar-refractivity contribution in [3.05, 3.63) is 40.2 Å². The molecule has 28 heavy (non-hydrogen) atoms. The van der Waals surface area contributed by atoms with Gasteiger partial charge in [-0.25, -0.2) is 4.98 Å². The van der Waals surface area contributed by atoms with E-state index in [0.717, 1.165) is 17.5 Å². The van der Waals surface area contributed by atoms with Gasteiger partial charge in [-0.15, -0.1) is 0 Å². The van der Waals surface area contributed by atoms with E-state index >= 15 is 0 Å². The van der Waals surface area contributed by atoms with Crippen LogP contribution in [-0.4, -0.2) is 31.6 Å². The molecule has 1 N–H and O–H groups in total. The Morgan fingerprint density at radius 1 is 1.29 bits per heavy atom. The van der Waals surface area contributed by atoms with Crippen molar-refractivity contribution in [1.82, 2.24) is 19.2 Å². The Labute approximate surface area is 172 Å². The number of carbonyl (C=O) groups is 1. The third-order valence-corrected chi connectivity index (χ3v) is 6.34. The maximum Gasteiger partial charge on any atom is 0.273 e. The molecule has 148 valence electrons. The van der Waals surface area contributed by atoms with Crippen molar-refractivity contribution in [3.8, 4) is 11.3 Å². The average Bonchev–Trinajstić information content (AvgIpc) is 3.11. The van der Waals surface area contributed by atoms with Gasteiger partial charge in [0.2, 0.25) is 5.91 Å². The average molecular weight is 417 g/mol. The molecule has 3 rings (SSSR count). The number of nitrogens with zero attached hydrogens (tertiary/aromatic N) is 3. The van der Waals surface area contributed by atoms with E-state index in [4.69, 9.17) is 4.98 Å². The Hall–Kier alpha value is -2.19. The topological polar surface area (TPSA) is 76.9 Å². The molecule has 0 bridgehead atoms. The lowest BCUT2D eigenvalue weighted by atomic mass is 10.1. The van der Waals surface area contributed by atoms with Crippen LogP contribution in [0.2, 0.25) is 0 Å². The van der Waals surface area contributed by atoms with Crippen LogP contribution in [0.25, 0.3) is 21.5 Å². The first-order chi connectivity index (χ1) is 13.4. The summed E-state index contributed by atoms with van der Waals surface area (Å²) < 4.78 is 6.65. The first-order valence-electron chi connectivity index (χ1n) is 9.34. The standard InChI is InChI=1S/C20H24N4O2S2/c1-5-13(4)21-15(25)11-27-20-22-17-16(14-9-7-12(3)8-10-14)23-28-18(17)19(26)24(20)6-2/h7-10,13H,5-6,11H2,1-4H3,(H,21,25)/t13-/m0/s1. The number of thioether (sulfide) groups is 1. The van der Waals surface area contributed by atoms with Gasteiger partial charge in [-0.3, -0.25) is 14.2 Å². The summed E-state index contributed by atoms with van der Waals surface area (Å²) in [6.45, 7) is 8.42. The van der Waals surface area contributed by atoms with Crippen molar-refractivity contribution in [2.45, 2.75) is 51.9 Å². The summed E-state index contributed by atoms with van der Waals surface area (Å²) in [5, 5.41) is 3.49. The summed E-state index contributed by atoms with van der Waals surface area (Å²) in [7, 11) is 0. The summed E-state index contributed by atoms with van der Waals surface area (Å²) in [4.78, 5) is 29.8. The fraction of sp³-hybridized carbons (Fsp3) is 0.400. The minimum atomic E-state index is -0.104. The van der Waals surface area contributed by atoms with Gasteiger partial charge >= 0.3 is 0 Å². The van der Waals surface area contributed by atoms with Gasteiger partial charge in [0.1, 0.15) is 15.9 Å². The predicted molar refractivity (Wildman–Crippen MR) is 116 cm³/mol. The zero-order valence-corrected chi connectivity index (χ0v) is 18.1. The molecule has 6 nitrogen and oxygen atoms in total. The van der Waals surface area contributed by atoms with Crippen LogP contribution >= 0.6 is 23.3 Å². The number of hydrogen-bond acceptors (Lipinski definition) is 6. The van der Waals surface area contributed by atoms with E-state index in [1.54, 1.807) is 4.57 Å². The van der Waals surface area contributed by atoms with Crippen LogP contribution in [0.3, 0.4) is 0 Å². The van der Waals surface area contributed by atoms with Crippen molar-refractivity contribution in [1.29, 1.82) is 0 Å². The summed E-state index contributed by atoms with van der Waals surface area (Å²) in [6, 6.07) is 8.14. The lowest BCUT2D eigenvalue weighted by Gasteiger charge is -2.12. The molecule has 1 aromatic carbocycles. The minimum Gasteiger partial charge on any atom is -0.353 e. The van der Waals surface area contributed by atoms with Gasteiger partial charge in [-0.2, -0.15) is 4.37 Å². The molecule has 0 unspecified atom stereocenters. The molecule has 2 heterocycles. The molecule has 1 amide bonds. The second-order valence-electron chi connectivity index (χ2n) is 6.68. The van der Waals surface area contributed by atoms with Crippen LogP contribution in [0.1, 0.15) is 32.8 Å². The Balaban J connectivity index is 1.97. The van der Waals surface area contributed by atoms with E-state index < -0.39 is 0 Å². The lowest BCUT2D eigenvalue weighted by Crippen LogP contribution is -2.33. The summed E-state index contributed by atoms with van der Waals surface area (Å²) >= 11 is 2.47. The predicted octanol–water partition coefficient (Wildman–Crippen LogP) is 3.86. The number of aryl methyl sites for hydroxylation is 1. The third-order valence-electron chi connectivity index (χ3n) is 4.54. The fourth-order valence-corrected chi connectivity index (χ4v) is 4.39. The van der Waals surface area contributed by atoms with Crippen molar-refractivity contribution in [2.75, 3.05) is 5.75 Å². The molecule has 2 aromatic heterocycles. The van der Waals surface area contributed by atoms with E-state index in [1.807, 2.05) is 52.0 Å². The second kappa shape index (κ2) is 8.87. The van der Waals surface area contributed by atoms with Crippen molar-refractivity contribution >= 4 is 39.4 Å². The molecule has 0 aliphatic carbocycles. The maximum absolute atomic E-state index is 12.9. The van der Waals surface area contributed by atoms with Crippen LogP contribution in [-0.2, 0) is 11.3 Å². The van der Waals surface area contributed by atoms with Gasteiger partial charge in [-0.1, -0.05) is 48.5 Å². The van der Waals surface area contributed by atoms with E-state index in [1.165, 1.54) is 23.3 Å². The highest BCUT2D eigenvalue weighted by Crippen LogP contribution is 2.29. The summed E-state index contributed by atoms with van der Waals surface area (Å²) in [5.74, 6) is 0.165. The van der Waals surface area contributed by atoms with E-state index in [-0.39, 0.29) is 23.3 Å². The van der Waals surface area contributed by atoms with E-state index in [9.17, 15) is 9.59 Å². The van der Waals surface area contributed by atoms with Gasteiger partial charge in [0.15, 0.2) is 5.16 Å². The molecular formula is C20H24N4O2S2. The van der Waals surface area contributed by atoms with E-state index in [0.29, 0.717) is 27.6 Å². The monoisotopic (exact) mass is 416 g/mol. The molecule has 0 aliphatic rings. The quantitative estimate of drug-likeness (QED) is 0.468. The largest absolute Gasteiger partial charge is 0.353 e. The number of benzene rings is 1. The minimum absolute atomic E-state index is 0.0569. The third kappa shape index (κ3) is 4.28.